The number of nitrogens with zero attached hydrogens (tertiary/aromatic N) is 1. The topological polar surface area (TPSA) is 76.4 Å². The van der Waals surface area contributed by atoms with Crippen LogP contribution in [0.4, 0.5) is 10.1 Å². The minimum atomic E-state index is -0.505. The number of aromatic nitrogens is 1. The van der Waals surface area contributed by atoms with E-state index in [2.05, 4.69) is 15.6 Å². The number of hydrogen-bond acceptors (Lipinski definition) is 5. The van der Waals surface area contributed by atoms with Gasteiger partial charge in [-0.25, -0.2) is 4.39 Å². The van der Waals surface area contributed by atoms with Crippen molar-refractivity contribution >= 4 is 22.6 Å². The predicted molar refractivity (Wildman–Crippen MR) is 121 cm³/mol. The van der Waals surface area contributed by atoms with Crippen LogP contribution in [-0.4, -0.2) is 24.0 Å². The molecule has 0 fully saturated rings. The molecule has 164 valence electrons. The van der Waals surface area contributed by atoms with Crippen LogP contribution in [0.2, 0.25) is 0 Å². The number of carbonyl (C=O) groups is 1. The van der Waals surface area contributed by atoms with Crippen molar-refractivity contribution in [1.29, 1.82) is 0 Å². The molecule has 0 radical (unpaired) electrons. The van der Waals surface area contributed by atoms with Crippen LogP contribution < -0.4 is 15.4 Å². The van der Waals surface area contributed by atoms with Crippen LogP contribution >= 0.6 is 0 Å². The zero-order valence-corrected chi connectivity index (χ0v) is 17.7. The number of pyridine rings is 1. The number of furan rings is 1. The van der Waals surface area contributed by atoms with Crippen LogP contribution in [-0.2, 0) is 6.54 Å². The summed E-state index contributed by atoms with van der Waals surface area (Å²) < 4.78 is 25.6. The van der Waals surface area contributed by atoms with Gasteiger partial charge in [-0.15, -0.1) is 0 Å². The van der Waals surface area contributed by atoms with E-state index in [-0.39, 0.29) is 11.4 Å². The molecular weight excluding hydrogens is 409 g/mol. The van der Waals surface area contributed by atoms with Crippen molar-refractivity contribution in [3.63, 3.8) is 0 Å². The molecule has 1 amide bonds. The van der Waals surface area contributed by atoms with Crippen LogP contribution in [0.3, 0.4) is 0 Å². The van der Waals surface area contributed by atoms with E-state index in [9.17, 15) is 9.18 Å². The quantitative estimate of drug-likeness (QED) is 0.360. The van der Waals surface area contributed by atoms with Gasteiger partial charge in [0, 0.05) is 24.5 Å². The maximum atomic E-state index is 13.9. The Labute approximate surface area is 185 Å². The van der Waals surface area contributed by atoms with Gasteiger partial charge in [-0.1, -0.05) is 24.3 Å². The van der Waals surface area contributed by atoms with Gasteiger partial charge in [-0.05, 0) is 55.8 Å². The number of fused-ring (bicyclic) bond motifs is 1. The Bertz CT molecular complexity index is 1210. The number of benzene rings is 2. The number of halogens is 1. The molecule has 4 aromatic rings. The summed E-state index contributed by atoms with van der Waals surface area (Å²) in [5.74, 6) is -0.219. The van der Waals surface area contributed by atoms with Crippen LogP contribution in [0.5, 0.6) is 5.75 Å². The molecule has 0 aliphatic heterocycles. The van der Waals surface area contributed by atoms with Crippen molar-refractivity contribution in [2.75, 3.05) is 18.5 Å². The Morgan fingerprint density at radius 3 is 2.81 bits per heavy atom. The normalized spacial score (nSPS) is 10.9. The zero-order valence-electron chi connectivity index (χ0n) is 17.7. The van der Waals surface area contributed by atoms with Crippen LogP contribution in [0.15, 0.2) is 71.4 Å². The number of nitrogens with one attached hydrogen (secondary N) is 2. The van der Waals surface area contributed by atoms with Crippen molar-refractivity contribution in [2.24, 2.45) is 0 Å². The molecule has 6 nitrogen and oxygen atoms in total. The summed E-state index contributed by atoms with van der Waals surface area (Å²) in [6.45, 7) is 3.86. The fraction of sp³-hybridized carbons (Fsp3) is 0.200. The number of ether oxygens (including phenoxy) is 1. The number of carbonyl (C=O) groups excluding carboxylic acids is 1. The molecule has 0 saturated heterocycles. The number of amides is 1. The minimum Gasteiger partial charge on any atom is -0.493 e. The predicted octanol–water partition coefficient (Wildman–Crippen LogP) is 5.09. The molecular formula is C25H24FN3O3. The van der Waals surface area contributed by atoms with E-state index < -0.39 is 11.7 Å². The second-order valence-corrected chi connectivity index (χ2v) is 7.36. The lowest BCUT2D eigenvalue weighted by Gasteiger charge is -2.09. The smallest absolute Gasteiger partial charge is 0.291 e. The molecule has 2 heterocycles. The first-order valence-electron chi connectivity index (χ1n) is 10.4. The van der Waals surface area contributed by atoms with E-state index in [0.717, 1.165) is 30.5 Å². The summed E-state index contributed by atoms with van der Waals surface area (Å²) in [6, 6.07) is 15.4. The first kappa shape index (κ1) is 21.5. The molecule has 2 aromatic carbocycles. The molecule has 0 unspecified atom stereocenters. The van der Waals surface area contributed by atoms with Gasteiger partial charge in [0.25, 0.3) is 5.91 Å². The highest BCUT2D eigenvalue weighted by molar-refractivity contribution is 6.07. The van der Waals surface area contributed by atoms with Gasteiger partial charge in [0.1, 0.15) is 17.1 Å². The second kappa shape index (κ2) is 10.1. The van der Waals surface area contributed by atoms with Crippen molar-refractivity contribution in [3.8, 4) is 5.75 Å². The molecule has 0 spiro atoms. The lowest BCUT2D eigenvalue weighted by Crippen LogP contribution is -2.17. The third-order valence-electron chi connectivity index (χ3n) is 5.05. The third-order valence-corrected chi connectivity index (χ3v) is 5.05. The Morgan fingerprint density at radius 2 is 2.00 bits per heavy atom. The largest absolute Gasteiger partial charge is 0.493 e. The second-order valence-electron chi connectivity index (χ2n) is 7.36. The molecule has 2 aromatic heterocycles. The maximum Gasteiger partial charge on any atom is 0.291 e. The van der Waals surface area contributed by atoms with E-state index in [0.29, 0.717) is 23.5 Å². The van der Waals surface area contributed by atoms with Gasteiger partial charge in [0.15, 0.2) is 5.76 Å². The number of anilines is 1. The molecule has 0 bridgehead atoms. The summed E-state index contributed by atoms with van der Waals surface area (Å²) in [7, 11) is 0. The highest BCUT2D eigenvalue weighted by Crippen LogP contribution is 2.33. The summed E-state index contributed by atoms with van der Waals surface area (Å²) in [5, 5.41) is 6.67. The van der Waals surface area contributed by atoms with E-state index >= 15 is 0 Å². The number of aryl methyl sites for hydroxylation is 1. The van der Waals surface area contributed by atoms with Crippen molar-refractivity contribution in [3.05, 3.63) is 89.7 Å². The Morgan fingerprint density at radius 1 is 1.12 bits per heavy atom. The van der Waals surface area contributed by atoms with Crippen LogP contribution in [0.25, 0.3) is 11.0 Å². The van der Waals surface area contributed by atoms with Crippen molar-refractivity contribution < 1.29 is 18.3 Å². The maximum absolute atomic E-state index is 13.9. The molecule has 0 atom stereocenters. The van der Waals surface area contributed by atoms with Crippen molar-refractivity contribution in [2.45, 2.75) is 19.9 Å². The monoisotopic (exact) mass is 433 g/mol. The first-order chi connectivity index (χ1) is 15.6. The van der Waals surface area contributed by atoms with Gasteiger partial charge in [-0.2, -0.15) is 0 Å². The fourth-order valence-electron chi connectivity index (χ4n) is 3.46. The van der Waals surface area contributed by atoms with Crippen LogP contribution in [0.1, 0.15) is 28.1 Å². The molecule has 2 N–H and O–H groups in total. The highest BCUT2D eigenvalue weighted by atomic mass is 19.1. The van der Waals surface area contributed by atoms with Gasteiger partial charge < -0.3 is 19.8 Å². The van der Waals surface area contributed by atoms with Crippen molar-refractivity contribution in [1.82, 2.24) is 10.3 Å². The summed E-state index contributed by atoms with van der Waals surface area (Å²) in [4.78, 5) is 16.8. The average Bonchev–Trinajstić information content (AvgIpc) is 3.16. The van der Waals surface area contributed by atoms with Crippen LogP contribution in [0, 0.1) is 12.7 Å². The number of hydrogen-bond donors (Lipinski definition) is 2. The molecule has 7 heteroatoms. The summed E-state index contributed by atoms with van der Waals surface area (Å²) >= 11 is 0. The first-order valence-corrected chi connectivity index (χ1v) is 10.4. The molecule has 0 aliphatic rings. The van der Waals surface area contributed by atoms with E-state index in [1.165, 1.54) is 12.1 Å². The lowest BCUT2D eigenvalue weighted by molar-refractivity contribution is 0.0997. The highest BCUT2D eigenvalue weighted by Gasteiger charge is 2.21. The zero-order chi connectivity index (χ0) is 22.3. The van der Waals surface area contributed by atoms with Gasteiger partial charge in [0.2, 0.25) is 0 Å². The number of rotatable bonds is 9. The SMILES string of the molecule is Cc1c(C(=O)Nc2ccccc2F)oc2cccc(OCCCNCc3cccnc3)c12. The van der Waals surface area contributed by atoms with Gasteiger partial charge >= 0.3 is 0 Å². The Hall–Kier alpha value is -3.71. The number of para-hydroxylation sites is 1. The van der Waals surface area contributed by atoms with E-state index in [1.54, 1.807) is 31.3 Å². The van der Waals surface area contributed by atoms with E-state index in [4.69, 9.17) is 9.15 Å². The van der Waals surface area contributed by atoms with E-state index in [1.807, 2.05) is 30.5 Å². The minimum absolute atomic E-state index is 0.104. The molecule has 0 saturated carbocycles. The summed E-state index contributed by atoms with van der Waals surface area (Å²) in [5.41, 5.74) is 2.44. The fourth-order valence-corrected chi connectivity index (χ4v) is 3.46. The van der Waals surface area contributed by atoms with Gasteiger partial charge in [0.05, 0.1) is 17.7 Å². The standard InChI is InChI=1S/C25H24FN3O3/c1-17-23-21(31-14-6-13-28-16-18-7-5-12-27-15-18)10-4-11-22(23)32-24(17)25(30)29-20-9-3-2-8-19(20)26/h2-5,7-12,15,28H,6,13-14,16H2,1H3,(H,29,30). The third kappa shape index (κ3) is 4.95. The molecule has 32 heavy (non-hydrogen) atoms. The lowest BCUT2D eigenvalue weighted by atomic mass is 10.1. The van der Waals surface area contributed by atoms with Gasteiger partial charge in [-0.3, -0.25) is 9.78 Å². The Balaban J connectivity index is 1.38. The average molecular weight is 433 g/mol. The Kier molecular flexibility index (Phi) is 6.77. The molecule has 4 rings (SSSR count). The molecule has 0 aliphatic carbocycles. The summed E-state index contributed by atoms with van der Waals surface area (Å²) in [6.07, 6.45) is 4.41.